The lowest BCUT2D eigenvalue weighted by molar-refractivity contribution is 0.341. The van der Waals surface area contributed by atoms with Gasteiger partial charge in [-0.1, -0.05) is 29.4 Å². The molecule has 1 aliphatic heterocycles. The van der Waals surface area contributed by atoms with E-state index in [4.69, 9.17) is 15.7 Å². The molecule has 0 saturated carbocycles. The SMILES string of the molecule is CC(N)c1cc(-c2ccc(C(=N)N3CCCCC3)cc2)no1. The molecule has 1 aromatic heterocycles. The van der Waals surface area contributed by atoms with Crippen LogP contribution in [0.1, 0.15) is 43.6 Å². The van der Waals surface area contributed by atoms with Crippen LogP contribution in [0.3, 0.4) is 0 Å². The van der Waals surface area contributed by atoms with Crippen molar-refractivity contribution in [1.82, 2.24) is 10.1 Å². The molecule has 1 fully saturated rings. The number of aromatic nitrogens is 1. The minimum Gasteiger partial charge on any atom is -0.359 e. The molecule has 0 radical (unpaired) electrons. The maximum absolute atomic E-state index is 8.33. The van der Waals surface area contributed by atoms with Crippen LogP contribution >= 0.6 is 0 Å². The Morgan fingerprint density at radius 3 is 2.50 bits per heavy atom. The molecule has 2 heterocycles. The summed E-state index contributed by atoms with van der Waals surface area (Å²) < 4.78 is 5.23. The molecule has 116 valence electrons. The molecule has 3 rings (SSSR count). The van der Waals surface area contributed by atoms with Gasteiger partial charge in [-0.2, -0.15) is 0 Å². The summed E-state index contributed by atoms with van der Waals surface area (Å²) >= 11 is 0. The van der Waals surface area contributed by atoms with Crippen LogP contribution in [-0.2, 0) is 0 Å². The number of benzene rings is 1. The van der Waals surface area contributed by atoms with E-state index in [9.17, 15) is 0 Å². The third-order valence-electron chi connectivity index (χ3n) is 4.10. The van der Waals surface area contributed by atoms with Gasteiger partial charge >= 0.3 is 0 Å². The van der Waals surface area contributed by atoms with Crippen LogP contribution in [0.4, 0.5) is 0 Å². The van der Waals surface area contributed by atoms with Crippen molar-refractivity contribution in [3.63, 3.8) is 0 Å². The van der Waals surface area contributed by atoms with Crippen molar-refractivity contribution in [2.75, 3.05) is 13.1 Å². The normalized spacial score (nSPS) is 16.5. The zero-order valence-electron chi connectivity index (χ0n) is 12.9. The summed E-state index contributed by atoms with van der Waals surface area (Å²) in [6, 6.07) is 9.63. The van der Waals surface area contributed by atoms with E-state index in [1.807, 2.05) is 37.3 Å². The Morgan fingerprint density at radius 1 is 1.23 bits per heavy atom. The topological polar surface area (TPSA) is 79.1 Å². The van der Waals surface area contributed by atoms with E-state index in [1.165, 1.54) is 19.3 Å². The van der Waals surface area contributed by atoms with Crippen molar-refractivity contribution in [2.24, 2.45) is 5.73 Å². The summed E-state index contributed by atoms with van der Waals surface area (Å²) in [6.45, 7) is 3.84. The smallest absolute Gasteiger partial charge is 0.153 e. The van der Waals surface area contributed by atoms with Gasteiger partial charge in [0.25, 0.3) is 0 Å². The molecule has 5 nitrogen and oxygen atoms in total. The van der Waals surface area contributed by atoms with Gasteiger partial charge in [-0.05, 0) is 26.2 Å². The quantitative estimate of drug-likeness (QED) is 0.674. The first-order valence-corrected chi connectivity index (χ1v) is 7.81. The Labute approximate surface area is 130 Å². The number of likely N-dealkylation sites (tertiary alicyclic amines) is 1. The van der Waals surface area contributed by atoms with Gasteiger partial charge in [-0.25, -0.2) is 0 Å². The summed E-state index contributed by atoms with van der Waals surface area (Å²) in [5.41, 5.74) is 8.49. The van der Waals surface area contributed by atoms with Crippen molar-refractivity contribution in [1.29, 1.82) is 5.41 Å². The monoisotopic (exact) mass is 298 g/mol. The first kappa shape index (κ1) is 14.8. The van der Waals surface area contributed by atoms with Crippen LogP contribution in [-0.4, -0.2) is 29.0 Å². The largest absolute Gasteiger partial charge is 0.359 e. The maximum Gasteiger partial charge on any atom is 0.153 e. The second-order valence-electron chi connectivity index (χ2n) is 5.88. The molecule has 0 aliphatic carbocycles. The molecule has 3 N–H and O–H groups in total. The van der Waals surface area contributed by atoms with Crippen LogP contribution < -0.4 is 5.73 Å². The highest BCUT2D eigenvalue weighted by Crippen LogP contribution is 2.22. The average Bonchev–Trinajstić information content (AvgIpc) is 3.05. The number of amidine groups is 1. The predicted octanol–water partition coefficient (Wildman–Crippen LogP) is 3.17. The third kappa shape index (κ3) is 3.04. The van der Waals surface area contributed by atoms with Crippen molar-refractivity contribution in [2.45, 2.75) is 32.2 Å². The molecule has 1 saturated heterocycles. The standard InChI is InChI=1S/C17H22N4O/c1-12(18)16-11-15(20-22-16)13-5-7-14(8-6-13)17(19)21-9-3-2-4-10-21/h5-8,11-12,19H,2-4,9-10,18H2,1H3. The van der Waals surface area contributed by atoms with E-state index in [-0.39, 0.29) is 6.04 Å². The molecule has 1 aliphatic rings. The van der Waals surface area contributed by atoms with Gasteiger partial charge in [0.2, 0.25) is 0 Å². The highest BCUT2D eigenvalue weighted by atomic mass is 16.5. The first-order valence-electron chi connectivity index (χ1n) is 7.81. The number of hydrogen-bond acceptors (Lipinski definition) is 4. The molecule has 2 aromatic rings. The minimum absolute atomic E-state index is 0.159. The van der Waals surface area contributed by atoms with Gasteiger partial charge in [0, 0.05) is 30.3 Å². The Morgan fingerprint density at radius 2 is 1.91 bits per heavy atom. The molecule has 0 spiro atoms. The van der Waals surface area contributed by atoms with Crippen molar-refractivity contribution in [3.05, 3.63) is 41.7 Å². The summed E-state index contributed by atoms with van der Waals surface area (Å²) in [5.74, 6) is 1.29. The van der Waals surface area contributed by atoms with Crippen LogP contribution in [0, 0.1) is 5.41 Å². The second kappa shape index (κ2) is 6.32. The Hall–Kier alpha value is -2.14. The lowest BCUT2D eigenvalue weighted by Gasteiger charge is -2.29. The average molecular weight is 298 g/mol. The fourth-order valence-electron chi connectivity index (χ4n) is 2.74. The zero-order chi connectivity index (χ0) is 15.5. The van der Waals surface area contributed by atoms with Crippen molar-refractivity contribution >= 4 is 5.84 Å². The number of nitrogens with two attached hydrogens (primary N) is 1. The molecule has 0 amide bonds. The number of rotatable bonds is 3. The zero-order valence-corrected chi connectivity index (χ0v) is 12.9. The number of hydrogen-bond donors (Lipinski definition) is 2. The Balaban J connectivity index is 1.75. The van der Waals surface area contributed by atoms with Gasteiger partial charge in [0.05, 0.1) is 6.04 Å². The second-order valence-corrected chi connectivity index (χ2v) is 5.88. The Kier molecular flexibility index (Phi) is 4.24. The van der Waals surface area contributed by atoms with Gasteiger partial charge in [0.1, 0.15) is 11.5 Å². The van der Waals surface area contributed by atoms with Gasteiger partial charge in [0.15, 0.2) is 5.76 Å². The summed E-state index contributed by atoms with van der Waals surface area (Å²) in [4.78, 5) is 2.16. The van der Waals surface area contributed by atoms with Crippen LogP contribution in [0.15, 0.2) is 34.9 Å². The lowest BCUT2D eigenvalue weighted by Crippen LogP contribution is -2.35. The fourth-order valence-corrected chi connectivity index (χ4v) is 2.74. The van der Waals surface area contributed by atoms with Crippen molar-refractivity contribution < 1.29 is 4.52 Å². The first-order chi connectivity index (χ1) is 10.6. The highest BCUT2D eigenvalue weighted by Gasteiger charge is 2.15. The van der Waals surface area contributed by atoms with Crippen LogP contribution in [0.2, 0.25) is 0 Å². The third-order valence-corrected chi connectivity index (χ3v) is 4.10. The molecular weight excluding hydrogens is 276 g/mol. The highest BCUT2D eigenvalue weighted by molar-refractivity contribution is 5.96. The van der Waals surface area contributed by atoms with Crippen molar-refractivity contribution in [3.8, 4) is 11.3 Å². The minimum atomic E-state index is -0.159. The molecule has 0 bridgehead atoms. The summed E-state index contributed by atoms with van der Waals surface area (Å²) in [5, 5.41) is 12.4. The predicted molar refractivity (Wildman–Crippen MR) is 86.8 cm³/mol. The van der Waals surface area contributed by atoms with Gasteiger partial charge in [-0.15, -0.1) is 0 Å². The molecule has 5 heteroatoms. The molecule has 1 unspecified atom stereocenters. The van der Waals surface area contributed by atoms with E-state index in [1.54, 1.807) is 0 Å². The van der Waals surface area contributed by atoms with E-state index < -0.39 is 0 Å². The van der Waals surface area contributed by atoms with E-state index >= 15 is 0 Å². The Bertz CT molecular complexity index is 639. The van der Waals surface area contributed by atoms with E-state index in [0.717, 1.165) is 29.9 Å². The molecule has 1 aromatic carbocycles. The lowest BCUT2D eigenvalue weighted by atomic mass is 10.1. The van der Waals surface area contributed by atoms with E-state index in [2.05, 4.69) is 10.1 Å². The van der Waals surface area contributed by atoms with Crippen LogP contribution in [0.25, 0.3) is 11.3 Å². The van der Waals surface area contributed by atoms with Crippen LogP contribution in [0.5, 0.6) is 0 Å². The summed E-state index contributed by atoms with van der Waals surface area (Å²) in [6.07, 6.45) is 3.63. The molecule has 22 heavy (non-hydrogen) atoms. The maximum atomic E-state index is 8.33. The number of nitrogens with one attached hydrogen (secondary N) is 1. The van der Waals surface area contributed by atoms with Gasteiger partial charge < -0.3 is 15.2 Å². The number of nitrogens with zero attached hydrogens (tertiary/aromatic N) is 2. The molecular formula is C17H22N4O. The fraction of sp³-hybridized carbons (Fsp3) is 0.412. The van der Waals surface area contributed by atoms with Gasteiger partial charge in [-0.3, -0.25) is 5.41 Å². The summed E-state index contributed by atoms with van der Waals surface area (Å²) in [7, 11) is 0. The van der Waals surface area contributed by atoms with E-state index in [0.29, 0.717) is 11.6 Å². The molecule has 1 atom stereocenters. The number of piperidine rings is 1.